The van der Waals surface area contributed by atoms with Crippen LogP contribution in [0.5, 0.6) is 23.0 Å². The molecule has 10 heteroatoms. The summed E-state index contributed by atoms with van der Waals surface area (Å²) < 4.78 is 24.7. The minimum atomic E-state index is -0.316. The summed E-state index contributed by atoms with van der Waals surface area (Å²) in [7, 11) is 0. The van der Waals surface area contributed by atoms with E-state index >= 15 is 0 Å². The second kappa shape index (κ2) is 16.1. The zero-order chi connectivity index (χ0) is 32.3. The molecule has 0 atom stereocenters. The molecule has 1 heterocycles. The lowest BCUT2D eigenvalue weighted by Gasteiger charge is -2.16. The summed E-state index contributed by atoms with van der Waals surface area (Å²) in [6, 6.07) is 26.7. The largest absolute Gasteiger partial charge is 0.490 e. The lowest BCUT2D eigenvalue weighted by Crippen LogP contribution is -2.17. The van der Waals surface area contributed by atoms with Crippen molar-refractivity contribution in [3.05, 3.63) is 122 Å². The summed E-state index contributed by atoms with van der Waals surface area (Å²) in [5.74, 6) is 2.11. The van der Waals surface area contributed by atoms with Crippen molar-refractivity contribution < 1.29 is 23.7 Å². The first-order valence-electron chi connectivity index (χ1n) is 14.8. The average Bonchev–Trinajstić information content (AvgIpc) is 3.51. The van der Waals surface area contributed by atoms with Gasteiger partial charge in [-0.3, -0.25) is 4.79 Å². The van der Waals surface area contributed by atoms with Crippen LogP contribution in [0.15, 0.2) is 99.9 Å². The molecule has 236 valence electrons. The molecule has 0 aliphatic rings. The smallest absolute Gasteiger partial charge is 0.271 e. The second-order valence-electron chi connectivity index (χ2n) is 10.1. The molecule has 4 aromatic carbocycles. The number of aromatic nitrogens is 1. The highest BCUT2D eigenvalue weighted by atomic mass is 79.9. The van der Waals surface area contributed by atoms with Crippen LogP contribution in [0.25, 0.3) is 11.3 Å². The van der Waals surface area contributed by atoms with Crippen LogP contribution in [-0.2, 0) is 13.2 Å². The second-order valence-corrected chi connectivity index (χ2v) is 12.0. The fourth-order valence-electron chi connectivity index (χ4n) is 4.50. The number of nitrogens with zero attached hydrogens (tertiary/aromatic N) is 2. The molecule has 1 N–H and O–H groups in total. The van der Waals surface area contributed by atoms with Crippen molar-refractivity contribution >= 4 is 39.4 Å². The number of nitrogens with one attached hydrogen (secondary N) is 1. The maximum Gasteiger partial charge on any atom is 0.271 e. The molecule has 0 saturated carbocycles. The van der Waals surface area contributed by atoms with Gasteiger partial charge in [0.2, 0.25) is 0 Å². The Bertz CT molecular complexity index is 1790. The van der Waals surface area contributed by atoms with E-state index in [1.807, 2.05) is 98.9 Å². The zero-order valence-electron chi connectivity index (χ0n) is 25.8. The van der Waals surface area contributed by atoms with E-state index in [1.54, 1.807) is 29.7 Å². The Morgan fingerprint density at radius 2 is 1.59 bits per heavy atom. The number of hydrazone groups is 1. The van der Waals surface area contributed by atoms with Gasteiger partial charge in [-0.1, -0.05) is 48.5 Å². The maximum atomic E-state index is 12.7. The fourth-order valence-corrected chi connectivity index (χ4v) is 5.70. The van der Waals surface area contributed by atoms with E-state index in [-0.39, 0.29) is 12.5 Å². The number of ether oxygens (including phenoxy) is 4. The Kier molecular flexibility index (Phi) is 11.4. The molecule has 0 radical (unpaired) electrons. The predicted octanol–water partition coefficient (Wildman–Crippen LogP) is 8.60. The Morgan fingerprint density at radius 3 is 2.30 bits per heavy atom. The SMILES string of the molecule is CCOc1cc(COc2c(Br)cc(/C=N/NC(=O)c3ccc(-c4csc(C)n4)cc3)cc2OCC)ccc1OCc1ccccc1. The Balaban J connectivity index is 1.22. The van der Waals surface area contributed by atoms with Gasteiger partial charge in [0.1, 0.15) is 13.2 Å². The third-order valence-corrected chi connectivity index (χ3v) is 8.06. The molecule has 8 nitrogen and oxygen atoms in total. The molecule has 5 rings (SSSR count). The monoisotopic (exact) mass is 699 g/mol. The van der Waals surface area contributed by atoms with Crippen LogP contribution in [0.3, 0.4) is 0 Å². The zero-order valence-corrected chi connectivity index (χ0v) is 28.2. The number of rotatable bonds is 14. The molecule has 0 fully saturated rings. The van der Waals surface area contributed by atoms with Crippen LogP contribution in [0.2, 0.25) is 0 Å². The van der Waals surface area contributed by atoms with E-state index in [0.717, 1.165) is 33.0 Å². The number of amides is 1. The fraction of sp³-hybridized carbons (Fsp3) is 0.194. The van der Waals surface area contributed by atoms with Gasteiger partial charge in [0.15, 0.2) is 23.0 Å². The molecule has 1 aromatic heterocycles. The predicted molar refractivity (Wildman–Crippen MR) is 185 cm³/mol. The van der Waals surface area contributed by atoms with Crippen molar-refractivity contribution in [3.8, 4) is 34.3 Å². The van der Waals surface area contributed by atoms with Crippen LogP contribution in [-0.4, -0.2) is 30.3 Å². The van der Waals surface area contributed by atoms with Gasteiger partial charge >= 0.3 is 0 Å². The number of hydrogen-bond donors (Lipinski definition) is 1. The molecule has 46 heavy (non-hydrogen) atoms. The van der Waals surface area contributed by atoms with E-state index in [0.29, 0.717) is 52.9 Å². The maximum absolute atomic E-state index is 12.7. The van der Waals surface area contributed by atoms with Crippen molar-refractivity contribution in [1.82, 2.24) is 10.4 Å². The van der Waals surface area contributed by atoms with Gasteiger partial charge in [-0.15, -0.1) is 11.3 Å². The van der Waals surface area contributed by atoms with Gasteiger partial charge in [0, 0.05) is 16.5 Å². The quantitative estimate of drug-likeness (QED) is 0.0922. The third kappa shape index (κ3) is 8.74. The number of aryl methyl sites for hydroxylation is 1. The molecule has 0 saturated heterocycles. The summed E-state index contributed by atoms with van der Waals surface area (Å²) >= 11 is 5.21. The molecule has 5 aromatic rings. The van der Waals surface area contributed by atoms with Crippen molar-refractivity contribution in [2.24, 2.45) is 5.10 Å². The highest BCUT2D eigenvalue weighted by molar-refractivity contribution is 9.10. The number of halogens is 1. The van der Waals surface area contributed by atoms with Crippen molar-refractivity contribution in [3.63, 3.8) is 0 Å². The van der Waals surface area contributed by atoms with E-state index in [2.05, 4.69) is 31.4 Å². The Labute approximate surface area is 281 Å². The summed E-state index contributed by atoms with van der Waals surface area (Å²) in [5, 5.41) is 7.15. The van der Waals surface area contributed by atoms with E-state index in [4.69, 9.17) is 18.9 Å². The number of carbonyl (C=O) groups excluding carboxylic acids is 1. The third-order valence-electron chi connectivity index (χ3n) is 6.70. The first-order valence-corrected chi connectivity index (χ1v) is 16.5. The van der Waals surface area contributed by atoms with Gasteiger partial charge < -0.3 is 18.9 Å². The lowest BCUT2D eigenvalue weighted by molar-refractivity contribution is 0.0955. The van der Waals surface area contributed by atoms with Gasteiger partial charge in [-0.05, 0) is 89.8 Å². The summed E-state index contributed by atoms with van der Waals surface area (Å²) in [6.07, 6.45) is 1.56. The van der Waals surface area contributed by atoms with Gasteiger partial charge in [-0.25, -0.2) is 10.4 Å². The molecular formula is C36H34BrN3O5S. The lowest BCUT2D eigenvalue weighted by atomic mass is 10.1. The highest BCUT2D eigenvalue weighted by Gasteiger charge is 2.14. The van der Waals surface area contributed by atoms with Crippen LogP contribution in [0.4, 0.5) is 0 Å². The van der Waals surface area contributed by atoms with Crippen molar-refractivity contribution in [1.29, 1.82) is 0 Å². The van der Waals surface area contributed by atoms with Crippen molar-refractivity contribution in [2.45, 2.75) is 34.0 Å². The van der Waals surface area contributed by atoms with Gasteiger partial charge in [-0.2, -0.15) is 5.10 Å². The van der Waals surface area contributed by atoms with E-state index < -0.39 is 0 Å². The van der Waals surface area contributed by atoms with E-state index in [9.17, 15) is 4.79 Å². The first-order chi connectivity index (χ1) is 22.4. The average molecular weight is 701 g/mol. The highest BCUT2D eigenvalue weighted by Crippen LogP contribution is 2.38. The minimum Gasteiger partial charge on any atom is -0.490 e. The molecular weight excluding hydrogens is 666 g/mol. The summed E-state index contributed by atoms with van der Waals surface area (Å²) in [4.78, 5) is 17.2. The molecule has 0 unspecified atom stereocenters. The topological polar surface area (TPSA) is 91.3 Å². The Hall–Kier alpha value is -4.67. The van der Waals surface area contributed by atoms with Crippen molar-refractivity contribution in [2.75, 3.05) is 13.2 Å². The molecule has 0 aliphatic heterocycles. The summed E-state index contributed by atoms with van der Waals surface area (Å²) in [5.41, 5.74) is 7.65. The molecule has 0 spiro atoms. The van der Waals surface area contributed by atoms with Crippen LogP contribution in [0, 0.1) is 6.92 Å². The Morgan fingerprint density at radius 1 is 0.848 bits per heavy atom. The molecule has 1 amide bonds. The number of thiazole rings is 1. The molecule has 0 aliphatic carbocycles. The number of benzene rings is 4. The van der Waals surface area contributed by atoms with Crippen LogP contribution >= 0.6 is 27.3 Å². The first kappa shape index (κ1) is 32.7. The molecule has 0 bridgehead atoms. The number of carbonyl (C=O) groups is 1. The van der Waals surface area contributed by atoms with Gasteiger partial charge in [0.25, 0.3) is 5.91 Å². The van der Waals surface area contributed by atoms with Gasteiger partial charge in [0.05, 0.1) is 34.6 Å². The van der Waals surface area contributed by atoms with E-state index in [1.165, 1.54) is 0 Å². The number of hydrogen-bond acceptors (Lipinski definition) is 8. The normalized spacial score (nSPS) is 11.0. The minimum absolute atomic E-state index is 0.280. The summed E-state index contributed by atoms with van der Waals surface area (Å²) in [6.45, 7) is 7.49. The van der Waals surface area contributed by atoms with Crippen LogP contribution < -0.4 is 24.4 Å². The standard InChI is InChI=1S/C36H34BrN3O5S/c1-4-42-33-18-26(11-16-32(33)44-21-25-9-7-6-8-10-25)22-45-35-30(37)17-27(19-34(35)43-5-2)20-38-40-36(41)29-14-12-28(13-15-29)31-23-46-24(3)39-31/h6-20,23H,4-5,21-22H2,1-3H3,(H,40,41)/b38-20+. The van der Waals surface area contributed by atoms with Crippen LogP contribution in [0.1, 0.15) is 45.9 Å².